The first kappa shape index (κ1) is 14.4. The van der Waals surface area contributed by atoms with Crippen molar-refractivity contribution in [2.24, 2.45) is 0 Å². The third-order valence-corrected chi connectivity index (χ3v) is 3.69. The monoisotopic (exact) mass is 300 g/mol. The number of aromatic amines is 1. The molecule has 22 heavy (non-hydrogen) atoms. The minimum absolute atomic E-state index is 0.257. The van der Waals surface area contributed by atoms with E-state index in [0.29, 0.717) is 12.6 Å². The predicted molar refractivity (Wildman–Crippen MR) is 83.8 cm³/mol. The largest absolute Gasteiger partial charge is 0.490 e. The summed E-state index contributed by atoms with van der Waals surface area (Å²) in [4.78, 5) is 11.9. The Morgan fingerprint density at radius 2 is 2.18 bits per heavy atom. The molecule has 0 saturated heterocycles. The summed E-state index contributed by atoms with van der Waals surface area (Å²) < 4.78 is 5.93. The molecule has 1 aliphatic rings. The normalized spacial score (nSPS) is 14.7. The average molecular weight is 300 g/mol. The lowest BCUT2D eigenvalue weighted by Crippen LogP contribution is -2.28. The van der Waals surface area contributed by atoms with Crippen LogP contribution in [-0.2, 0) is 6.54 Å². The van der Waals surface area contributed by atoms with Crippen LogP contribution in [0.25, 0.3) is 0 Å². The van der Waals surface area contributed by atoms with Crippen molar-refractivity contribution in [3.63, 3.8) is 0 Å². The van der Waals surface area contributed by atoms with E-state index < -0.39 is 0 Å². The van der Waals surface area contributed by atoms with Gasteiger partial charge in [-0.2, -0.15) is 5.10 Å². The average Bonchev–Trinajstić information content (AvgIpc) is 3.19. The number of ether oxygens (including phenoxy) is 1. The van der Waals surface area contributed by atoms with Gasteiger partial charge in [0.2, 0.25) is 0 Å². The van der Waals surface area contributed by atoms with E-state index in [2.05, 4.69) is 20.8 Å². The van der Waals surface area contributed by atoms with E-state index in [1.54, 1.807) is 6.20 Å². The summed E-state index contributed by atoms with van der Waals surface area (Å²) in [6.07, 6.45) is 6.66. The number of anilines is 1. The molecule has 2 amide bonds. The summed E-state index contributed by atoms with van der Waals surface area (Å²) in [5, 5.41) is 12.2. The van der Waals surface area contributed by atoms with Crippen LogP contribution in [0.5, 0.6) is 5.75 Å². The Labute approximate surface area is 129 Å². The number of hydrogen-bond acceptors (Lipinski definition) is 3. The smallest absolute Gasteiger partial charge is 0.319 e. The van der Waals surface area contributed by atoms with Crippen molar-refractivity contribution in [1.29, 1.82) is 0 Å². The van der Waals surface area contributed by atoms with Crippen LogP contribution in [-0.4, -0.2) is 22.3 Å². The highest BCUT2D eigenvalue weighted by Crippen LogP contribution is 2.25. The molecular weight excluding hydrogens is 280 g/mol. The van der Waals surface area contributed by atoms with Gasteiger partial charge in [0.25, 0.3) is 0 Å². The molecule has 6 nitrogen and oxygen atoms in total. The number of aromatic nitrogens is 2. The van der Waals surface area contributed by atoms with Gasteiger partial charge in [-0.1, -0.05) is 6.07 Å². The summed E-state index contributed by atoms with van der Waals surface area (Å²) in [7, 11) is 0. The lowest BCUT2D eigenvalue weighted by molar-refractivity contribution is 0.210. The summed E-state index contributed by atoms with van der Waals surface area (Å²) in [6.45, 7) is 0.407. The summed E-state index contributed by atoms with van der Waals surface area (Å²) in [5.74, 6) is 0.804. The molecular formula is C16H20N4O2. The van der Waals surface area contributed by atoms with Crippen LogP contribution in [0.4, 0.5) is 10.5 Å². The Kier molecular flexibility index (Phi) is 4.58. The number of nitrogens with one attached hydrogen (secondary N) is 3. The van der Waals surface area contributed by atoms with Gasteiger partial charge in [0.15, 0.2) is 0 Å². The van der Waals surface area contributed by atoms with Crippen LogP contribution in [0, 0.1) is 0 Å². The highest BCUT2D eigenvalue weighted by molar-refractivity contribution is 5.89. The molecule has 1 saturated carbocycles. The molecule has 1 aromatic heterocycles. The molecule has 1 aliphatic carbocycles. The van der Waals surface area contributed by atoms with Gasteiger partial charge in [-0.05, 0) is 43.9 Å². The Morgan fingerprint density at radius 3 is 2.95 bits per heavy atom. The number of carbonyl (C=O) groups excluding carboxylic acids is 1. The number of rotatable bonds is 5. The van der Waals surface area contributed by atoms with Crippen molar-refractivity contribution in [3.05, 3.63) is 42.2 Å². The maximum absolute atomic E-state index is 11.9. The number of urea groups is 1. The minimum atomic E-state index is -0.257. The predicted octanol–water partition coefficient (Wildman–Crippen LogP) is 3.05. The second-order valence-electron chi connectivity index (χ2n) is 5.44. The standard InChI is InChI=1S/C16H20N4O2/c21-16(17-11-13-8-9-18-20-13)19-12-4-3-7-15(10-12)22-14-5-1-2-6-14/h3-4,7-10,14H,1-2,5-6,11H2,(H,18,20)(H2,17,19,21). The van der Waals surface area contributed by atoms with Crippen molar-refractivity contribution in [1.82, 2.24) is 15.5 Å². The van der Waals surface area contributed by atoms with Crippen LogP contribution < -0.4 is 15.4 Å². The SMILES string of the molecule is O=C(NCc1ccn[nH]1)Nc1cccc(OC2CCCC2)c1. The van der Waals surface area contributed by atoms with Gasteiger partial charge in [0.05, 0.1) is 18.3 Å². The lowest BCUT2D eigenvalue weighted by atomic mass is 10.2. The van der Waals surface area contributed by atoms with Gasteiger partial charge < -0.3 is 15.4 Å². The Morgan fingerprint density at radius 1 is 1.32 bits per heavy atom. The van der Waals surface area contributed by atoms with Crippen LogP contribution in [0.1, 0.15) is 31.4 Å². The quantitative estimate of drug-likeness (QED) is 0.794. The topological polar surface area (TPSA) is 79.0 Å². The number of nitrogens with zero attached hydrogens (tertiary/aromatic N) is 1. The van der Waals surface area contributed by atoms with E-state index in [1.807, 2.05) is 30.3 Å². The summed E-state index contributed by atoms with van der Waals surface area (Å²) in [5.41, 5.74) is 1.58. The number of amides is 2. The van der Waals surface area contributed by atoms with Crippen molar-refractivity contribution < 1.29 is 9.53 Å². The van der Waals surface area contributed by atoms with Crippen LogP contribution in [0.2, 0.25) is 0 Å². The van der Waals surface area contributed by atoms with Crippen molar-refractivity contribution in [2.75, 3.05) is 5.32 Å². The van der Waals surface area contributed by atoms with Gasteiger partial charge in [-0.25, -0.2) is 4.79 Å². The molecule has 1 aromatic carbocycles. The fourth-order valence-electron chi connectivity index (χ4n) is 2.58. The molecule has 0 unspecified atom stereocenters. The van der Waals surface area contributed by atoms with E-state index in [4.69, 9.17) is 4.74 Å². The van der Waals surface area contributed by atoms with Crippen molar-refractivity contribution in [2.45, 2.75) is 38.3 Å². The molecule has 6 heteroatoms. The maximum atomic E-state index is 11.9. The Balaban J connectivity index is 1.51. The first-order valence-electron chi connectivity index (χ1n) is 7.59. The zero-order chi connectivity index (χ0) is 15.2. The Hall–Kier alpha value is -2.50. The molecule has 3 N–H and O–H groups in total. The first-order valence-corrected chi connectivity index (χ1v) is 7.59. The van der Waals surface area contributed by atoms with E-state index in [9.17, 15) is 4.79 Å². The van der Waals surface area contributed by atoms with Crippen molar-refractivity contribution >= 4 is 11.7 Å². The molecule has 1 heterocycles. The summed E-state index contributed by atoms with van der Waals surface area (Å²) in [6, 6.07) is 9.07. The fourth-order valence-corrected chi connectivity index (χ4v) is 2.58. The highest BCUT2D eigenvalue weighted by atomic mass is 16.5. The van der Waals surface area contributed by atoms with E-state index in [-0.39, 0.29) is 6.03 Å². The third kappa shape index (κ3) is 4.00. The lowest BCUT2D eigenvalue weighted by Gasteiger charge is -2.14. The van der Waals surface area contributed by atoms with Crippen LogP contribution in [0.3, 0.4) is 0 Å². The third-order valence-electron chi connectivity index (χ3n) is 3.69. The van der Waals surface area contributed by atoms with E-state index in [1.165, 1.54) is 12.8 Å². The number of benzene rings is 1. The minimum Gasteiger partial charge on any atom is -0.490 e. The molecule has 0 atom stereocenters. The van der Waals surface area contributed by atoms with Crippen LogP contribution in [0.15, 0.2) is 36.5 Å². The van der Waals surface area contributed by atoms with E-state index in [0.717, 1.165) is 30.0 Å². The fraction of sp³-hybridized carbons (Fsp3) is 0.375. The second kappa shape index (κ2) is 6.98. The van der Waals surface area contributed by atoms with Gasteiger partial charge in [0, 0.05) is 18.0 Å². The molecule has 0 radical (unpaired) electrons. The van der Waals surface area contributed by atoms with Gasteiger partial charge >= 0.3 is 6.03 Å². The maximum Gasteiger partial charge on any atom is 0.319 e. The molecule has 116 valence electrons. The molecule has 2 aromatic rings. The number of carbonyl (C=O) groups is 1. The molecule has 0 bridgehead atoms. The molecule has 0 aliphatic heterocycles. The zero-order valence-electron chi connectivity index (χ0n) is 12.3. The molecule has 0 spiro atoms. The summed E-state index contributed by atoms with van der Waals surface area (Å²) >= 11 is 0. The van der Waals surface area contributed by atoms with Gasteiger partial charge in [0.1, 0.15) is 5.75 Å². The first-order chi connectivity index (χ1) is 10.8. The Bertz CT molecular complexity index is 606. The number of H-pyrrole nitrogens is 1. The highest BCUT2D eigenvalue weighted by Gasteiger charge is 2.16. The van der Waals surface area contributed by atoms with Gasteiger partial charge in [-0.15, -0.1) is 0 Å². The van der Waals surface area contributed by atoms with Gasteiger partial charge in [-0.3, -0.25) is 5.10 Å². The van der Waals surface area contributed by atoms with Crippen LogP contribution >= 0.6 is 0 Å². The number of hydrogen-bond donors (Lipinski definition) is 3. The second-order valence-corrected chi connectivity index (χ2v) is 5.44. The van der Waals surface area contributed by atoms with Crippen molar-refractivity contribution in [3.8, 4) is 5.75 Å². The zero-order valence-corrected chi connectivity index (χ0v) is 12.3. The molecule has 3 rings (SSSR count). The van der Waals surface area contributed by atoms with E-state index >= 15 is 0 Å². The molecule has 1 fully saturated rings.